The van der Waals surface area contributed by atoms with Gasteiger partial charge < -0.3 is 24.8 Å². The number of amides is 1. The van der Waals surface area contributed by atoms with Crippen LogP contribution >= 0.6 is 0 Å². The largest absolute Gasteiger partial charge is 0.449 e. The van der Waals surface area contributed by atoms with Crippen molar-refractivity contribution in [2.45, 2.75) is 63.2 Å². The first-order chi connectivity index (χ1) is 14.4. The maximum Gasteiger partial charge on any atom is 0.412 e. The van der Waals surface area contributed by atoms with Crippen LogP contribution in [0.15, 0.2) is 22.2 Å². The van der Waals surface area contributed by atoms with Crippen LogP contribution < -0.4 is 11.0 Å². The number of aliphatic hydroxyl groups excluding tert-OH is 3. The van der Waals surface area contributed by atoms with Crippen LogP contribution in [0.3, 0.4) is 0 Å². The maximum absolute atomic E-state index is 12.3. The molecule has 1 fully saturated rings. The lowest BCUT2D eigenvalue weighted by atomic mass is 10.1. The molecule has 0 spiro atoms. The van der Waals surface area contributed by atoms with Crippen LogP contribution in [-0.4, -0.2) is 62.1 Å². The molecule has 1 amide bonds. The van der Waals surface area contributed by atoms with Gasteiger partial charge in [-0.2, -0.15) is 4.98 Å². The van der Waals surface area contributed by atoms with Gasteiger partial charge >= 0.3 is 11.8 Å². The summed E-state index contributed by atoms with van der Waals surface area (Å²) in [4.78, 5) is 30.2. The Bertz CT molecular complexity index is 827. The molecule has 1 aromatic heterocycles. The summed E-state index contributed by atoms with van der Waals surface area (Å²) >= 11 is 0. The lowest BCUT2D eigenvalue weighted by Crippen LogP contribution is -2.44. The van der Waals surface area contributed by atoms with E-state index in [4.69, 9.17) is 15.0 Å². The highest BCUT2D eigenvalue weighted by Gasteiger charge is 2.54. The number of azide groups is 1. The van der Waals surface area contributed by atoms with Crippen LogP contribution in [0.25, 0.3) is 10.4 Å². The fourth-order valence-corrected chi connectivity index (χ4v) is 3.00. The molecular weight excluding hydrogens is 400 g/mol. The summed E-state index contributed by atoms with van der Waals surface area (Å²) in [5, 5.41) is 35.2. The minimum absolute atomic E-state index is 0.0799. The number of aromatic nitrogens is 2. The average Bonchev–Trinajstić information content (AvgIpc) is 2.96. The predicted molar refractivity (Wildman–Crippen MR) is 103 cm³/mol. The Hall–Kier alpha value is -2.70. The third kappa shape index (κ3) is 5.46. The molecule has 0 aliphatic carbocycles. The zero-order valence-electron chi connectivity index (χ0n) is 16.5. The molecule has 1 aliphatic rings. The van der Waals surface area contributed by atoms with Gasteiger partial charge in [0.2, 0.25) is 5.72 Å². The van der Waals surface area contributed by atoms with Crippen molar-refractivity contribution in [1.29, 1.82) is 0 Å². The summed E-state index contributed by atoms with van der Waals surface area (Å²) in [6.45, 7) is 1.43. The van der Waals surface area contributed by atoms with Crippen molar-refractivity contribution in [1.82, 2.24) is 9.55 Å². The Kier molecular flexibility index (Phi) is 8.57. The first-order valence-corrected chi connectivity index (χ1v) is 9.62. The molecule has 166 valence electrons. The van der Waals surface area contributed by atoms with Crippen molar-refractivity contribution >= 4 is 11.9 Å². The van der Waals surface area contributed by atoms with Gasteiger partial charge in [-0.05, 0) is 18.0 Å². The Morgan fingerprint density at radius 3 is 2.80 bits per heavy atom. The first-order valence-electron chi connectivity index (χ1n) is 9.62. The highest BCUT2D eigenvalue weighted by Crippen LogP contribution is 2.37. The van der Waals surface area contributed by atoms with Crippen molar-refractivity contribution < 1.29 is 29.6 Å². The lowest BCUT2D eigenvalue weighted by Gasteiger charge is -2.23. The van der Waals surface area contributed by atoms with E-state index in [-0.39, 0.29) is 12.4 Å². The molecule has 0 aromatic carbocycles. The molecule has 4 unspecified atom stereocenters. The predicted octanol–water partition coefficient (Wildman–Crippen LogP) is 1.01. The molecular formula is C17H26N6O7. The molecule has 0 saturated carbocycles. The molecule has 30 heavy (non-hydrogen) atoms. The number of hydrogen-bond acceptors (Lipinski definition) is 9. The zero-order chi connectivity index (χ0) is 22.1. The number of aliphatic hydroxyl groups is 3. The summed E-state index contributed by atoms with van der Waals surface area (Å²) in [6.07, 6.45) is 0.488. The summed E-state index contributed by atoms with van der Waals surface area (Å²) in [7, 11) is 0. The highest BCUT2D eigenvalue weighted by molar-refractivity contribution is 5.83. The topological polar surface area (TPSA) is 192 Å². The number of nitrogens with one attached hydrogen (secondary N) is 1. The maximum atomic E-state index is 12.3. The third-order valence-electron chi connectivity index (χ3n) is 4.66. The molecule has 1 saturated heterocycles. The minimum atomic E-state index is -2.14. The molecule has 2 heterocycles. The standard InChI is InChI=1S/C17H26N6O7/c1-2-3-4-5-6-9-29-16(28)20-11-7-8-23(15(27)19-11)14-12(25)13(26)17(10-24,30-14)21-22-18/h7-8,12-14,24-26H,2-6,9-10H2,1H3,(H,19,20,27,28). The summed E-state index contributed by atoms with van der Waals surface area (Å²) < 4.78 is 11.1. The van der Waals surface area contributed by atoms with Crippen molar-refractivity contribution in [3.8, 4) is 0 Å². The van der Waals surface area contributed by atoms with Crippen LogP contribution in [0, 0.1) is 0 Å². The molecule has 0 bridgehead atoms. The highest BCUT2D eigenvalue weighted by atomic mass is 16.6. The van der Waals surface area contributed by atoms with Gasteiger partial charge in [0.05, 0.1) is 13.2 Å². The fraction of sp³-hybridized carbons (Fsp3) is 0.706. The first kappa shape index (κ1) is 23.6. The average molecular weight is 426 g/mol. The van der Waals surface area contributed by atoms with Crippen molar-refractivity contribution in [2.75, 3.05) is 18.5 Å². The number of hydrogen-bond donors (Lipinski definition) is 4. The molecule has 1 aliphatic heterocycles. The number of ether oxygens (including phenoxy) is 2. The summed E-state index contributed by atoms with van der Waals surface area (Å²) in [6, 6.07) is 1.26. The van der Waals surface area contributed by atoms with Crippen LogP contribution in [0.4, 0.5) is 10.6 Å². The third-order valence-corrected chi connectivity index (χ3v) is 4.66. The number of nitrogens with zero attached hydrogens (tertiary/aromatic N) is 5. The van der Waals surface area contributed by atoms with Gasteiger partial charge in [-0.15, -0.1) is 0 Å². The van der Waals surface area contributed by atoms with E-state index in [0.717, 1.165) is 36.7 Å². The van der Waals surface area contributed by atoms with Gasteiger partial charge in [-0.3, -0.25) is 9.88 Å². The van der Waals surface area contributed by atoms with Crippen molar-refractivity contribution in [3.63, 3.8) is 0 Å². The summed E-state index contributed by atoms with van der Waals surface area (Å²) in [5.74, 6) is -0.0799. The second-order valence-corrected chi connectivity index (χ2v) is 6.81. The zero-order valence-corrected chi connectivity index (χ0v) is 16.5. The number of anilines is 1. The van der Waals surface area contributed by atoms with Gasteiger partial charge in [-0.1, -0.05) is 37.7 Å². The van der Waals surface area contributed by atoms with Crippen molar-refractivity contribution in [3.05, 3.63) is 33.2 Å². The number of unbranched alkanes of at least 4 members (excludes halogenated alkanes) is 4. The van der Waals surface area contributed by atoms with E-state index in [1.807, 2.05) is 0 Å². The van der Waals surface area contributed by atoms with Gasteiger partial charge in [-0.25, -0.2) is 9.59 Å². The van der Waals surface area contributed by atoms with Gasteiger partial charge in [0.1, 0.15) is 18.0 Å². The van der Waals surface area contributed by atoms with E-state index in [1.165, 1.54) is 12.3 Å². The lowest BCUT2D eigenvalue weighted by molar-refractivity contribution is -0.125. The Labute approximate surface area is 171 Å². The summed E-state index contributed by atoms with van der Waals surface area (Å²) in [5.41, 5.74) is 5.55. The van der Waals surface area contributed by atoms with Crippen LogP contribution in [0.1, 0.15) is 45.3 Å². The van der Waals surface area contributed by atoms with Gasteiger partial charge in [0, 0.05) is 11.1 Å². The quantitative estimate of drug-likeness (QED) is 0.184. The Balaban J connectivity index is 1.99. The van der Waals surface area contributed by atoms with E-state index < -0.39 is 42.6 Å². The molecule has 0 radical (unpaired) electrons. The molecule has 13 heteroatoms. The van der Waals surface area contributed by atoms with E-state index in [1.54, 1.807) is 0 Å². The van der Waals surface area contributed by atoms with E-state index in [9.17, 15) is 24.9 Å². The normalized spacial score (nSPS) is 25.5. The van der Waals surface area contributed by atoms with E-state index in [0.29, 0.717) is 0 Å². The Morgan fingerprint density at radius 2 is 2.17 bits per heavy atom. The molecule has 4 atom stereocenters. The number of carbonyl (C=O) groups is 1. The number of rotatable bonds is 10. The second kappa shape index (κ2) is 10.9. The van der Waals surface area contributed by atoms with Gasteiger partial charge in [0.15, 0.2) is 6.23 Å². The van der Waals surface area contributed by atoms with Crippen LogP contribution in [0.2, 0.25) is 0 Å². The van der Waals surface area contributed by atoms with Crippen LogP contribution in [0.5, 0.6) is 0 Å². The minimum Gasteiger partial charge on any atom is -0.449 e. The number of carbonyl (C=O) groups excluding carboxylic acids is 1. The van der Waals surface area contributed by atoms with Crippen LogP contribution in [-0.2, 0) is 9.47 Å². The molecule has 4 N–H and O–H groups in total. The molecule has 13 nitrogen and oxygen atoms in total. The Morgan fingerprint density at radius 1 is 1.43 bits per heavy atom. The molecule has 1 aromatic rings. The smallest absolute Gasteiger partial charge is 0.412 e. The van der Waals surface area contributed by atoms with E-state index in [2.05, 4.69) is 27.3 Å². The van der Waals surface area contributed by atoms with Crippen molar-refractivity contribution in [2.24, 2.45) is 5.11 Å². The van der Waals surface area contributed by atoms with E-state index >= 15 is 0 Å². The molecule has 2 rings (SSSR count). The SMILES string of the molecule is CCCCCCCOC(=O)Nc1ccn(C2OC(CO)(N=[N+]=[N-])C(O)C2O)c(=O)n1. The monoisotopic (exact) mass is 426 g/mol. The van der Waals surface area contributed by atoms with Gasteiger partial charge in [0.25, 0.3) is 0 Å². The fourth-order valence-electron chi connectivity index (χ4n) is 3.00. The second-order valence-electron chi connectivity index (χ2n) is 6.81.